The quantitative estimate of drug-likeness (QED) is 0.855. The van der Waals surface area contributed by atoms with Gasteiger partial charge in [0, 0.05) is 32.1 Å². The van der Waals surface area contributed by atoms with Crippen LogP contribution in [-0.4, -0.2) is 58.3 Å². The Morgan fingerprint density at radius 1 is 1.39 bits per heavy atom. The number of ether oxygens (including phenoxy) is 1. The molecular formula is C16H27N5O2. The molecular weight excluding hydrogens is 294 g/mol. The minimum atomic E-state index is -0.102. The van der Waals surface area contributed by atoms with Gasteiger partial charge in [-0.25, -0.2) is 4.98 Å². The molecule has 1 amide bonds. The van der Waals surface area contributed by atoms with Crippen LogP contribution in [0.1, 0.15) is 56.3 Å². The Hall–Kier alpha value is -1.47. The largest absolute Gasteiger partial charge is 0.367 e. The highest BCUT2D eigenvalue weighted by Gasteiger charge is 2.25. The topological polar surface area (TPSA) is 83.1 Å². The Bertz CT molecular complexity index is 512. The molecule has 23 heavy (non-hydrogen) atoms. The first-order valence-electron chi connectivity index (χ1n) is 8.73. The van der Waals surface area contributed by atoms with E-state index in [1.807, 2.05) is 6.92 Å². The molecule has 0 unspecified atom stereocenters. The summed E-state index contributed by atoms with van der Waals surface area (Å²) in [6.45, 7) is 4.90. The van der Waals surface area contributed by atoms with Crippen molar-refractivity contribution in [1.29, 1.82) is 0 Å². The standard InChI is InChI=1S/C16H27N5O2/c1-12-17-16(20-19-12)14-11-21(9-10-23-14)8-7-15(22)18-13-5-3-2-4-6-13/h13-14H,2-11H2,1H3,(H,18,22)(H,17,19,20)/t14-/m1/s1. The van der Waals surface area contributed by atoms with E-state index in [4.69, 9.17) is 4.74 Å². The number of nitrogens with one attached hydrogen (secondary N) is 2. The van der Waals surface area contributed by atoms with Gasteiger partial charge < -0.3 is 10.1 Å². The molecule has 7 heteroatoms. The number of carbonyl (C=O) groups is 1. The average Bonchev–Trinajstić information content (AvgIpc) is 3.01. The summed E-state index contributed by atoms with van der Waals surface area (Å²) in [6.07, 6.45) is 6.51. The molecule has 2 heterocycles. The smallest absolute Gasteiger partial charge is 0.221 e. The number of morpholine rings is 1. The van der Waals surface area contributed by atoms with Crippen molar-refractivity contribution in [2.24, 2.45) is 0 Å². The SMILES string of the molecule is Cc1nc([C@H]2CN(CCC(=O)NC3CCCCC3)CCO2)n[nH]1. The highest BCUT2D eigenvalue weighted by Crippen LogP contribution is 2.19. The maximum atomic E-state index is 12.1. The molecule has 1 saturated heterocycles. The monoisotopic (exact) mass is 321 g/mol. The first-order valence-corrected chi connectivity index (χ1v) is 8.73. The van der Waals surface area contributed by atoms with Crippen LogP contribution in [0.5, 0.6) is 0 Å². The van der Waals surface area contributed by atoms with E-state index < -0.39 is 0 Å². The van der Waals surface area contributed by atoms with Gasteiger partial charge in [-0.1, -0.05) is 19.3 Å². The van der Waals surface area contributed by atoms with Crippen LogP contribution in [0.3, 0.4) is 0 Å². The fourth-order valence-electron chi connectivity index (χ4n) is 3.37. The molecule has 0 spiro atoms. The lowest BCUT2D eigenvalue weighted by atomic mass is 9.95. The third-order valence-corrected chi connectivity index (χ3v) is 4.68. The number of aromatic nitrogens is 3. The zero-order valence-electron chi connectivity index (χ0n) is 13.9. The molecule has 128 valence electrons. The molecule has 3 rings (SSSR count). The summed E-state index contributed by atoms with van der Waals surface area (Å²) in [5.41, 5.74) is 0. The summed E-state index contributed by atoms with van der Waals surface area (Å²) in [4.78, 5) is 18.7. The first-order chi connectivity index (χ1) is 11.2. The summed E-state index contributed by atoms with van der Waals surface area (Å²) in [6, 6.07) is 0.393. The summed E-state index contributed by atoms with van der Waals surface area (Å²) in [5, 5.41) is 10.2. The van der Waals surface area contributed by atoms with Crippen LogP contribution < -0.4 is 5.32 Å². The van der Waals surface area contributed by atoms with Crippen molar-refractivity contribution >= 4 is 5.91 Å². The minimum Gasteiger partial charge on any atom is -0.367 e. The van der Waals surface area contributed by atoms with E-state index in [1.54, 1.807) is 0 Å². The molecule has 1 atom stereocenters. The number of H-pyrrole nitrogens is 1. The van der Waals surface area contributed by atoms with Crippen molar-refractivity contribution in [2.45, 2.75) is 57.6 Å². The van der Waals surface area contributed by atoms with Crippen molar-refractivity contribution in [2.75, 3.05) is 26.2 Å². The number of nitrogens with zero attached hydrogens (tertiary/aromatic N) is 3. The lowest BCUT2D eigenvalue weighted by molar-refractivity contribution is -0.122. The van der Waals surface area contributed by atoms with Crippen LogP contribution in [-0.2, 0) is 9.53 Å². The first kappa shape index (κ1) is 16.4. The van der Waals surface area contributed by atoms with Crippen LogP contribution in [0, 0.1) is 6.92 Å². The van der Waals surface area contributed by atoms with Crippen molar-refractivity contribution in [3.8, 4) is 0 Å². The van der Waals surface area contributed by atoms with Gasteiger partial charge in [-0.15, -0.1) is 0 Å². The van der Waals surface area contributed by atoms with Crippen molar-refractivity contribution in [3.63, 3.8) is 0 Å². The summed E-state index contributed by atoms with van der Waals surface area (Å²) < 4.78 is 5.75. The Morgan fingerprint density at radius 2 is 2.22 bits per heavy atom. The Kier molecular flexibility index (Phi) is 5.61. The molecule has 1 aliphatic heterocycles. The highest BCUT2D eigenvalue weighted by atomic mass is 16.5. The molecule has 7 nitrogen and oxygen atoms in total. The van der Waals surface area contributed by atoms with E-state index >= 15 is 0 Å². The average molecular weight is 321 g/mol. The van der Waals surface area contributed by atoms with Gasteiger partial charge in [0.2, 0.25) is 5.91 Å². The van der Waals surface area contributed by atoms with E-state index in [-0.39, 0.29) is 12.0 Å². The molecule has 0 aromatic carbocycles. The zero-order chi connectivity index (χ0) is 16.1. The van der Waals surface area contributed by atoms with Crippen molar-refractivity contribution in [3.05, 3.63) is 11.6 Å². The second-order valence-electron chi connectivity index (χ2n) is 6.59. The van der Waals surface area contributed by atoms with E-state index in [0.29, 0.717) is 24.9 Å². The van der Waals surface area contributed by atoms with Gasteiger partial charge in [-0.05, 0) is 19.8 Å². The summed E-state index contributed by atoms with van der Waals surface area (Å²) >= 11 is 0. The predicted molar refractivity (Wildman–Crippen MR) is 85.9 cm³/mol. The number of aromatic amines is 1. The van der Waals surface area contributed by atoms with Gasteiger partial charge >= 0.3 is 0 Å². The van der Waals surface area contributed by atoms with Crippen molar-refractivity contribution in [1.82, 2.24) is 25.4 Å². The Labute approximate surface area is 137 Å². The van der Waals surface area contributed by atoms with Gasteiger partial charge in [-0.3, -0.25) is 14.8 Å². The molecule has 2 fully saturated rings. The summed E-state index contributed by atoms with van der Waals surface area (Å²) in [5.74, 6) is 1.68. The molecule has 1 aromatic rings. The van der Waals surface area contributed by atoms with Crippen LogP contribution in [0.4, 0.5) is 0 Å². The third kappa shape index (κ3) is 4.75. The third-order valence-electron chi connectivity index (χ3n) is 4.68. The second kappa shape index (κ2) is 7.88. The predicted octanol–water partition coefficient (Wildman–Crippen LogP) is 1.33. The molecule has 0 radical (unpaired) electrons. The van der Waals surface area contributed by atoms with Gasteiger partial charge in [0.1, 0.15) is 11.9 Å². The molecule has 2 N–H and O–H groups in total. The molecule has 0 bridgehead atoms. The van der Waals surface area contributed by atoms with Crippen LogP contribution >= 0.6 is 0 Å². The van der Waals surface area contributed by atoms with Gasteiger partial charge in [-0.2, -0.15) is 5.10 Å². The molecule has 1 saturated carbocycles. The Balaban J connectivity index is 1.41. The zero-order valence-corrected chi connectivity index (χ0v) is 13.9. The number of amides is 1. The van der Waals surface area contributed by atoms with Crippen molar-refractivity contribution < 1.29 is 9.53 Å². The number of aryl methyl sites for hydroxylation is 1. The normalized spacial score (nSPS) is 23.8. The maximum Gasteiger partial charge on any atom is 0.221 e. The van der Waals surface area contributed by atoms with Crippen LogP contribution in [0.25, 0.3) is 0 Å². The Morgan fingerprint density at radius 3 is 2.96 bits per heavy atom. The van der Waals surface area contributed by atoms with E-state index in [0.717, 1.165) is 38.3 Å². The van der Waals surface area contributed by atoms with Gasteiger partial charge in [0.25, 0.3) is 0 Å². The minimum absolute atomic E-state index is 0.102. The van der Waals surface area contributed by atoms with E-state index in [1.165, 1.54) is 19.3 Å². The lowest BCUT2D eigenvalue weighted by Crippen LogP contribution is -2.42. The number of hydrogen-bond donors (Lipinski definition) is 2. The number of rotatable bonds is 5. The highest BCUT2D eigenvalue weighted by molar-refractivity contribution is 5.76. The number of carbonyl (C=O) groups excluding carboxylic acids is 1. The number of hydrogen-bond acceptors (Lipinski definition) is 5. The fourth-order valence-corrected chi connectivity index (χ4v) is 3.37. The lowest BCUT2D eigenvalue weighted by Gasteiger charge is -2.31. The van der Waals surface area contributed by atoms with Gasteiger partial charge in [0.05, 0.1) is 6.61 Å². The summed E-state index contributed by atoms with van der Waals surface area (Å²) in [7, 11) is 0. The van der Waals surface area contributed by atoms with Gasteiger partial charge in [0.15, 0.2) is 5.82 Å². The maximum absolute atomic E-state index is 12.1. The molecule has 1 aromatic heterocycles. The fraction of sp³-hybridized carbons (Fsp3) is 0.812. The van der Waals surface area contributed by atoms with Crippen LogP contribution in [0.2, 0.25) is 0 Å². The van der Waals surface area contributed by atoms with E-state index in [9.17, 15) is 4.79 Å². The second-order valence-corrected chi connectivity index (χ2v) is 6.59. The van der Waals surface area contributed by atoms with E-state index in [2.05, 4.69) is 25.4 Å². The van der Waals surface area contributed by atoms with Crippen LogP contribution in [0.15, 0.2) is 0 Å². The molecule has 2 aliphatic rings. The molecule has 1 aliphatic carbocycles.